The van der Waals surface area contributed by atoms with Crippen molar-refractivity contribution in [3.8, 4) is 11.8 Å². The third kappa shape index (κ3) is 4.58. The Kier molecular flexibility index (Phi) is 6.21. The molecule has 2 aromatic rings. The Morgan fingerprint density at radius 1 is 1.00 bits per heavy atom. The summed E-state index contributed by atoms with van der Waals surface area (Å²) in [6, 6.07) is 8.65. The third-order valence-electron chi connectivity index (χ3n) is 5.40. The Morgan fingerprint density at radius 3 is 2.30 bits per heavy atom. The zero-order valence-electron chi connectivity index (χ0n) is 16.5. The molecule has 1 amide bonds. The van der Waals surface area contributed by atoms with Gasteiger partial charge in [-0.15, -0.1) is 4.73 Å². The Labute approximate surface area is 179 Å². The molecule has 0 spiro atoms. The molecule has 1 aromatic heterocycles. The van der Waals surface area contributed by atoms with Crippen molar-refractivity contribution in [2.24, 2.45) is 0 Å². The smallest absolute Gasteiger partial charge is 0.434 e. The normalized spacial score (nSPS) is 17.9. The number of carbonyl (C=O) groups excluding carboxylic acids is 1. The first-order valence-electron chi connectivity index (χ1n) is 9.91. The number of anilines is 1. The van der Waals surface area contributed by atoms with Crippen LogP contribution in [0.15, 0.2) is 30.3 Å². The van der Waals surface area contributed by atoms with Crippen molar-refractivity contribution in [1.82, 2.24) is 14.5 Å². The van der Waals surface area contributed by atoms with E-state index in [1.807, 2.05) is 6.07 Å². The second-order valence-corrected chi connectivity index (χ2v) is 7.75. The van der Waals surface area contributed by atoms with Crippen molar-refractivity contribution in [2.75, 3.05) is 57.4 Å². The van der Waals surface area contributed by atoms with E-state index in [2.05, 4.69) is 21.9 Å². The highest BCUT2D eigenvalue weighted by molar-refractivity contribution is 6.31. The highest BCUT2D eigenvalue weighted by Gasteiger charge is 2.25. The SMILES string of the molecule is O=C(On1c(O)ccc1O)N1CCN(Cc2ccc(N3CCOCC3)cc2Cl)CC1. The van der Waals surface area contributed by atoms with E-state index in [9.17, 15) is 15.0 Å². The first-order valence-corrected chi connectivity index (χ1v) is 10.3. The summed E-state index contributed by atoms with van der Waals surface area (Å²) in [4.78, 5) is 23.4. The lowest BCUT2D eigenvalue weighted by Gasteiger charge is -2.34. The first kappa shape index (κ1) is 20.6. The molecule has 10 heteroatoms. The molecule has 0 bridgehead atoms. The van der Waals surface area contributed by atoms with E-state index in [1.54, 1.807) is 4.90 Å². The molecule has 2 saturated heterocycles. The topological polar surface area (TPSA) is 90.6 Å². The maximum atomic E-state index is 12.3. The first-order chi connectivity index (χ1) is 14.5. The lowest BCUT2D eigenvalue weighted by atomic mass is 10.1. The predicted molar refractivity (Wildman–Crippen MR) is 111 cm³/mol. The van der Waals surface area contributed by atoms with E-state index in [4.69, 9.17) is 21.2 Å². The molecule has 0 aliphatic carbocycles. The molecule has 0 unspecified atom stereocenters. The molecule has 0 radical (unpaired) electrons. The summed E-state index contributed by atoms with van der Waals surface area (Å²) in [5, 5.41) is 19.9. The Bertz CT molecular complexity index is 872. The van der Waals surface area contributed by atoms with Gasteiger partial charge in [0.05, 0.1) is 13.2 Å². The molecule has 162 valence electrons. The van der Waals surface area contributed by atoms with Crippen LogP contribution in [0.1, 0.15) is 5.56 Å². The van der Waals surface area contributed by atoms with E-state index in [0.29, 0.717) is 37.5 Å². The molecule has 9 nitrogen and oxygen atoms in total. The van der Waals surface area contributed by atoms with Gasteiger partial charge in [0.25, 0.3) is 0 Å². The van der Waals surface area contributed by atoms with E-state index >= 15 is 0 Å². The lowest BCUT2D eigenvalue weighted by molar-refractivity contribution is 0.0555. The van der Waals surface area contributed by atoms with Gasteiger partial charge in [0.2, 0.25) is 11.8 Å². The van der Waals surface area contributed by atoms with Gasteiger partial charge in [-0.1, -0.05) is 17.7 Å². The van der Waals surface area contributed by atoms with Crippen molar-refractivity contribution in [3.05, 3.63) is 40.9 Å². The summed E-state index contributed by atoms with van der Waals surface area (Å²) in [6.45, 7) is 6.19. The predicted octanol–water partition coefficient (Wildman–Crippen LogP) is 1.76. The molecule has 2 N–H and O–H groups in total. The minimum absolute atomic E-state index is 0.338. The Balaban J connectivity index is 1.30. The fourth-order valence-corrected chi connectivity index (χ4v) is 3.88. The van der Waals surface area contributed by atoms with Crippen LogP contribution < -0.4 is 9.74 Å². The number of benzene rings is 1. The van der Waals surface area contributed by atoms with Crippen LogP contribution in [-0.4, -0.2) is 83.3 Å². The number of morpholine rings is 1. The molecular formula is C20H25ClN4O5. The van der Waals surface area contributed by atoms with Crippen LogP contribution in [0.25, 0.3) is 0 Å². The molecule has 30 heavy (non-hydrogen) atoms. The van der Waals surface area contributed by atoms with Crippen LogP contribution in [-0.2, 0) is 11.3 Å². The van der Waals surface area contributed by atoms with Crippen molar-refractivity contribution in [2.45, 2.75) is 6.54 Å². The fraction of sp³-hybridized carbons (Fsp3) is 0.450. The van der Waals surface area contributed by atoms with E-state index < -0.39 is 6.09 Å². The van der Waals surface area contributed by atoms with Crippen molar-refractivity contribution >= 4 is 23.4 Å². The average molecular weight is 437 g/mol. The van der Waals surface area contributed by atoms with Gasteiger partial charge in [-0.05, 0) is 17.7 Å². The van der Waals surface area contributed by atoms with E-state index in [-0.39, 0.29) is 11.8 Å². The maximum Gasteiger partial charge on any atom is 0.434 e. The largest absolute Gasteiger partial charge is 0.492 e. The average Bonchev–Trinajstić information content (AvgIpc) is 3.08. The molecule has 2 fully saturated rings. The number of ether oxygens (including phenoxy) is 1. The van der Waals surface area contributed by atoms with Gasteiger partial charge >= 0.3 is 6.09 Å². The number of piperazine rings is 1. The van der Waals surface area contributed by atoms with E-state index in [0.717, 1.165) is 42.6 Å². The van der Waals surface area contributed by atoms with E-state index in [1.165, 1.54) is 12.1 Å². The summed E-state index contributed by atoms with van der Waals surface area (Å²) < 4.78 is 6.10. The standard InChI is InChI=1S/C20H25ClN4O5/c21-17-13-16(23-9-11-29-12-10-23)2-1-15(17)14-22-5-7-24(8-6-22)20(28)30-25-18(26)3-4-19(25)27/h1-4,13,26-27H,5-12,14H2. The number of aromatic hydroxyl groups is 2. The summed E-state index contributed by atoms with van der Waals surface area (Å²) in [6.07, 6.45) is -0.621. The van der Waals surface area contributed by atoms with Crippen molar-refractivity contribution in [3.63, 3.8) is 0 Å². The highest BCUT2D eigenvalue weighted by atomic mass is 35.5. The van der Waals surface area contributed by atoms with Crippen LogP contribution in [0.4, 0.5) is 10.5 Å². The number of nitrogens with zero attached hydrogens (tertiary/aromatic N) is 4. The quantitative estimate of drug-likeness (QED) is 0.754. The van der Waals surface area contributed by atoms with Crippen molar-refractivity contribution in [1.29, 1.82) is 0 Å². The van der Waals surface area contributed by atoms with Gasteiger partial charge in [0, 0.05) is 68.7 Å². The summed E-state index contributed by atoms with van der Waals surface area (Å²) >= 11 is 6.54. The van der Waals surface area contributed by atoms with Crippen LogP contribution >= 0.6 is 11.6 Å². The minimum Gasteiger partial charge on any atom is -0.492 e. The lowest BCUT2D eigenvalue weighted by Crippen LogP contribution is -2.50. The molecule has 3 heterocycles. The number of hydrogen-bond donors (Lipinski definition) is 2. The van der Waals surface area contributed by atoms with Gasteiger partial charge in [-0.25, -0.2) is 4.79 Å². The van der Waals surface area contributed by atoms with Crippen LogP contribution in [0.3, 0.4) is 0 Å². The van der Waals surface area contributed by atoms with Gasteiger partial charge < -0.3 is 29.6 Å². The number of halogens is 1. The monoisotopic (exact) mass is 436 g/mol. The molecule has 2 aliphatic rings. The molecular weight excluding hydrogens is 412 g/mol. The van der Waals surface area contributed by atoms with Crippen LogP contribution in [0, 0.1) is 0 Å². The zero-order chi connectivity index (χ0) is 21.1. The number of amides is 1. The maximum absolute atomic E-state index is 12.3. The summed E-state index contributed by atoms with van der Waals surface area (Å²) in [5.74, 6) is -0.677. The highest BCUT2D eigenvalue weighted by Crippen LogP contribution is 2.26. The molecule has 4 rings (SSSR count). The van der Waals surface area contributed by atoms with Crippen molar-refractivity contribution < 1.29 is 24.6 Å². The summed E-state index contributed by atoms with van der Waals surface area (Å²) in [5.41, 5.74) is 2.16. The molecule has 1 aromatic carbocycles. The fourth-order valence-electron chi connectivity index (χ4n) is 3.64. The van der Waals surface area contributed by atoms with Crippen LogP contribution in [0.5, 0.6) is 11.8 Å². The molecule has 0 atom stereocenters. The minimum atomic E-state index is -0.621. The third-order valence-corrected chi connectivity index (χ3v) is 5.76. The molecule has 0 saturated carbocycles. The number of carbonyl (C=O) groups is 1. The molecule has 2 aliphatic heterocycles. The van der Waals surface area contributed by atoms with Gasteiger partial charge in [0.15, 0.2) is 0 Å². The zero-order valence-corrected chi connectivity index (χ0v) is 17.3. The van der Waals surface area contributed by atoms with Crippen LogP contribution in [0.2, 0.25) is 5.02 Å². The van der Waals surface area contributed by atoms with Gasteiger partial charge in [-0.3, -0.25) is 4.90 Å². The number of aromatic nitrogens is 1. The second-order valence-electron chi connectivity index (χ2n) is 7.34. The summed E-state index contributed by atoms with van der Waals surface area (Å²) in [7, 11) is 0. The number of hydrogen-bond acceptors (Lipinski definition) is 7. The Morgan fingerprint density at radius 2 is 1.67 bits per heavy atom. The number of rotatable bonds is 4. The van der Waals surface area contributed by atoms with Gasteiger partial charge in [-0.2, -0.15) is 0 Å². The second kappa shape index (κ2) is 9.03. The Hall–Kier alpha value is -2.62. The van der Waals surface area contributed by atoms with Gasteiger partial charge in [0.1, 0.15) is 0 Å².